The van der Waals surface area contributed by atoms with Crippen LogP contribution < -0.4 is 15.1 Å². The second kappa shape index (κ2) is 11.3. The number of rotatable bonds is 0. The molecule has 3 saturated heterocycles. The van der Waals surface area contributed by atoms with Crippen LogP contribution in [0.4, 0.5) is 0 Å². The van der Waals surface area contributed by atoms with Gasteiger partial charge in [0, 0.05) is 16.7 Å². The quantitative estimate of drug-likeness (QED) is 0.233. The van der Waals surface area contributed by atoms with Crippen molar-refractivity contribution in [3.63, 3.8) is 0 Å². The fourth-order valence-corrected chi connectivity index (χ4v) is 9.82. The van der Waals surface area contributed by atoms with Crippen LogP contribution in [0.2, 0.25) is 0 Å². The van der Waals surface area contributed by atoms with Crippen molar-refractivity contribution in [3.05, 3.63) is 106 Å². The molecule has 6 atom stereocenters. The molecule has 0 aliphatic carbocycles. The van der Waals surface area contributed by atoms with Gasteiger partial charge in [-0.3, -0.25) is 7.32 Å². The summed E-state index contributed by atoms with van der Waals surface area (Å²) in [6, 6.07) is 26.0. The molecule has 3 aromatic rings. The fourth-order valence-electron chi connectivity index (χ4n) is 4.80. The molecule has 0 radical (unpaired) electrons. The summed E-state index contributed by atoms with van der Waals surface area (Å²) < 4.78 is 16.5. The van der Waals surface area contributed by atoms with Crippen molar-refractivity contribution < 1.29 is 27.6 Å². The monoisotopic (exact) mass is 554 g/mol. The van der Waals surface area contributed by atoms with Crippen LogP contribution in [0.25, 0.3) is 0 Å². The Morgan fingerprint density at radius 3 is 1.00 bits per heavy atom. The highest BCUT2D eigenvalue weighted by atomic mass is 32.2. The second-order valence-electron chi connectivity index (χ2n) is 9.36. The second-order valence-corrected chi connectivity index (χ2v) is 14.7. The minimum absolute atomic E-state index is 0.315. The largest absolute Gasteiger partial charge is 0.907 e. The summed E-state index contributed by atoms with van der Waals surface area (Å²) >= 11 is 0.945. The van der Waals surface area contributed by atoms with E-state index in [1.807, 2.05) is 0 Å². The van der Waals surface area contributed by atoms with Crippen LogP contribution in [0, 0.1) is 0 Å². The summed E-state index contributed by atoms with van der Waals surface area (Å²) in [6.07, 6.45) is 3.46. The van der Waals surface area contributed by atoms with Crippen LogP contribution in [-0.4, -0.2) is 23.6 Å². The van der Waals surface area contributed by atoms with Gasteiger partial charge in [-0.05, 0) is 16.7 Å². The Balaban J connectivity index is 0.0000000955. The SMILES string of the molecule is [O-]B([O-])[O-].c1ccc2c(c1)CC1O[S+]1C2.c1ccc2c(c1)CC1O[S+]1C2.c1ccc2c(c1)CC1O[S+]1C2. The van der Waals surface area contributed by atoms with Gasteiger partial charge in [-0.15, -0.1) is 12.5 Å². The van der Waals surface area contributed by atoms with E-state index < -0.39 is 7.32 Å². The molecule has 37 heavy (non-hydrogen) atoms. The molecule has 3 fully saturated rings. The van der Waals surface area contributed by atoms with Crippen molar-refractivity contribution in [2.75, 3.05) is 0 Å². The van der Waals surface area contributed by atoms with Gasteiger partial charge in [0.25, 0.3) is 0 Å². The summed E-state index contributed by atoms with van der Waals surface area (Å²) in [5, 5.41) is 25.2. The van der Waals surface area contributed by atoms with Crippen LogP contribution in [0.1, 0.15) is 33.4 Å². The van der Waals surface area contributed by atoms with Gasteiger partial charge in [0.2, 0.25) is 0 Å². The summed E-state index contributed by atoms with van der Waals surface area (Å²) in [4.78, 5) is 0. The number of hydrogen-bond donors (Lipinski definition) is 0. The maximum absolute atomic E-state index is 8.42. The van der Waals surface area contributed by atoms with Gasteiger partial charge in [0.1, 0.15) is 0 Å². The van der Waals surface area contributed by atoms with E-state index in [9.17, 15) is 0 Å². The van der Waals surface area contributed by atoms with Crippen LogP contribution >= 0.6 is 0 Å². The van der Waals surface area contributed by atoms with E-state index in [0.717, 1.165) is 19.3 Å². The van der Waals surface area contributed by atoms with Crippen molar-refractivity contribution in [2.45, 2.75) is 52.8 Å². The lowest BCUT2D eigenvalue weighted by atomic mass is 10.1. The molecular formula is C27H27BO6S3. The number of benzene rings is 3. The lowest BCUT2D eigenvalue weighted by molar-refractivity contribution is -0.479. The Kier molecular flexibility index (Phi) is 7.90. The van der Waals surface area contributed by atoms with Crippen molar-refractivity contribution in [1.82, 2.24) is 0 Å². The highest BCUT2D eigenvalue weighted by Gasteiger charge is 2.58. The van der Waals surface area contributed by atoms with E-state index >= 15 is 0 Å². The van der Waals surface area contributed by atoms with E-state index in [2.05, 4.69) is 72.8 Å². The zero-order chi connectivity index (χ0) is 25.4. The molecule has 6 heterocycles. The summed E-state index contributed by atoms with van der Waals surface area (Å²) in [5.74, 6) is 3.50. The van der Waals surface area contributed by atoms with Gasteiger partial charge in [-0.25, -0.2) is 0 Å². The predicted octanol–water partition coefficient (Wildman–Crippen LogP) is 0.949. The van der Waals surface area contributed by atoms with Crippen molar-refractivity contribution >= 4 is 40.8 Å². The molecule has 0 N–H and O–H groups in total. The van der Waals surface area contributed by atoms with Crippen molar-refractivity contribution in [2.24, 2.45) is 0 Å². The van der Waals surface area contributed by atoms with Crippen molar-refractivity contribution in [1.29, 1.82) is 0 Å². The Bertz CT molecular complexity index is 1010. The lowest BCUT2D eigenvalue weighted by Crippen LogP contribution is -2.56. The minimum atomic E-state index is -2.92. The maximum Gasteiger partial charge on any atom is 0.303 e. The molecule has 9 rings (SSSR count). The highest BCUT2D eigenvalue weighted by Crippen LogP contribution is 2.41. The van der Waals surface area contributed by atoms with E-state index in [0.29, 0.717) is 49.8 Å². The van der Waals surface area contributed by atoms with Gasteiger partial charge in [0.15, 0.2) is 50.8 Å². The molecule has 3 aromatic carbocycles. The fraction of sp³-hybridized carbons (Fsp3) is 0.333. The first-order chi connectivity index (χ1) is 18.0. The van der Waals surface area contributed by atoms with Gasteiger partial charge < -0.3 is 15.1 Å². The smallest absolute Gasteiger partial charge is 0.303 e. The van der Waals surface area contributed by atoms with E-state index in [1.54, 1.807) is 0 Å². The van der Waals surface area contributed by atoms with Crippen molar-refractivity contribution in [3.8, 4) is 0 Å². The Labute approximate surface area is 226 Å². The molecule has 192 valence electrons. The van der Waals surface area contributed by atoms with Gasteiger partial charge in [-0.2, -0.15) is 0 Å². The first-order valence-corrected chi connectivity index (χ1v) is 16.5. The van der Waals surface area contributed by atoms with Gasteiger partial charge in [-0.1, -0.05) is 72.8 Å². The van der Waals surface area contributed by atoms with Gasteiger partial charge >= 0.3 is 16.3 Å². The highest BCUT2D eigenvalue weighted by molar-refractivity contribution is 7.98. The summed E-state index contributed by atoms with van der Waals surface area (Å²) in [6.45, 7) is 0. The Morgan fingerprint density at radius 1 is 0.486 bits per heavy atom. The molecular weight excluding hydrogens is 527 g/mol. The predicted molar refractivity (Wildman–Crippen MR) is 144 cm³/mol. The number of hydrogen-bond acceptors (Lipinski definition) is 6. The molecule has 0 spiro atoms. The molecule has 0 amide bonds. The maximum atomic E-state index is 8.42. The van der Waals surface area contributed by atoms with E-state index in [4.69, 9.17) is 27.6 Å². The van der Waals surface area contributed by atoms with Crippen LogP contribution in [0.15, 0.2) is 72.8 Å². The van der Waals surface area contributed by atoms with E-state index in [1.165, 1.54) is 50.6 Å². The third-order valence-corrected chi connectivity index (χ3v) is 12.1. The molecule has 6 unspecified atom stereocenters. The number of fused-ring (bicyclic) bond motifs is 6. The zero-order valence-corrected chi connectivity index (χ0v) is 22.6. The molecule has 10 heteroatoms. The Morgan fingerprint density at radius 2 is 0.730 bits per heavy atom. The summed E-state index contributed by atoms with van der Waals surface area (Å²) in [5.41, 5.74) is 10.8. The van der Waals surface area contributed by atoms with Crippen LogP contribution in [-0.2, 0) is 82.6 Å². The molecule has 0 aromatic heterocycles. The third-order valence-electron chi connectivity index (χ3n) is 6.87. The van der Waals surface area contributed by atoms with Crippen LogP contribution in [0.5, 0.6) is 0 Å². The Hall–Kier alpha value is -1.47. The average molecular weight is 555 g/mol. The topological polar surface area (TPSA) is 107 Å². The molecule has 6 aliphatic heterocycles. The molecule has 0 saturated carbocycles. The standard InChI is InChI=1S/3C9H9OS.BO3/c3*1-2-4-8-6-11-9(10-11)5-7(8)3-1;2-1(3)4/h3*1-4,9H,5-6H2;/q3*+1;-3. The lowest BCUT2D eigenvalue weighted by Gasteiger charge is -2.35. The molecule has 6 aliphatic rings. The van der Waals surface area contributed by atoms with Gasteiger partial charge in [0.05, 0.1) is 19.3 Å². The average Bonchev–Trinajstić information content (AvgIpc) is 3.79. The zero-order valence-electron chi connectivity index (χ0n) is 20.2. The van der Waals surface area contributed by atoms with Crippen LogP contribution in [0.3, 0.4) is 0 Å². The first kappa shape index (κ1) is 25.8. The molecule has 6 nitrogen and oxygen atoms in total. The first-order valence-electron chi connectivity index (χ1n) is 12.3. The van der Waals surface area contributed by atoms with E-state index in [-0.39, 0.29) is 0 Å². The minimum Gasteiger partial charge on any atom is -0.907 e. The molecule has 0 bridgehead atoms. The third kappa shape index (κ3) is 6.76. The summed E-state index contributed by atoms with van der Waals surface area (Å²) in [7, 11) is -2.92. The normalized spacial score (nSPS) is 29.6.